The van der Waals surface area contributed by atoms with Gasteiger partial charge >= 0.3 is 0 Å². The monoisotopic (exact) mass is 318 g/mol. The van der Waals surface area contributed by atoms with Crippen LogP contribution in [0.4, 0.5) is 17.3 Å². The molecule has 1 aromatic carbocycles. The zero-order chi connectivity index (χ0) is 15.7. The number of halogens is 1. The van der Waals surface area contributed by atoms with Crippen LogP contribution < -0.4 is 16.4 Å². The Kier molecular flexibility index (Phi) is 3.82. The minimum absolute atomic E-state index is 0.230. The Balaban J connectivity index is 1.94. The van der Waals surface area contributed by atoms with Gasteiger partial charge in [0, 0.05) is 24.3 Å². The van der Waals surface area contributed by atoms with Crippen LogP contribution in [0.25, 0.3) is 0 Å². The van der Waals surface area contributed by atoms with Crippen molar-refractivity contribution in [2.45, 2.75) is 6.10 Å². The molecule has 0 atom stereocenters. The minimum atomic E-state index is -0.354. The number of nitrogens with two attached hydrogens (primary N) is 2. The number of aliphatic imine (C=N–C) groups is 1. The second-order valence-corrected chi connectivity index (χ2v) is 5.36. The molecule has 0 radical (unpaired) electrons. The maximum absolute atomic E-state index is 9.37. The summed E-state index contributed by atoms with van der Waals surface area (Å²) in [5, 5.41) is 9.67. The lowest BCUT2D eigenvalue weighted by Gasteiger charge is -2.37. The number of para-hydroxylation sites is 1. The number of amidine groups is 1. The number of nitrogen functional groups attached to an aromatic ring is 1. The van der Waals surface area contributed by atoms with Crippen LogP contribution in [-0.2, 0) is 0 Å². The first kappa shape index (κ1) is 14.6. The van der Waals surface area contributed by atoms with E-state index >= 15 is 0 Å². The summed E-state index contributed by atoms with van der Waals surface area (Å²) < 4.78 is 0. The van der Waals surface area contributed by atoms with E-state index in [9.17, 15) is 5.11 Å². The number of hydrogen-bond acceptors (Lipinski definition) is 6. The molecule has 0 saturated carbocycles. The summed E-state index contributed by atoms with van der Waals surface area (Å²) >= 11 is 6.29. The standard InChI is InChI=1S/C14H15ClN6O/c15-11-13(18-7-19-14(11)21-5-8(22)6-21)20-12(17)9-3-1-2-4-10(9)16/h1-4,7-8,22H,5-6,16H2,(H2,17,18,19,20). The SMILES string of the molecule is N/C(=N/c1ncnc(N2CC(O)C2)c1Cl)c1ccccc1N. The number of anilines is 2. The van der Waals surface area contributed by atoms with Gasteiger partial charge in [0.1, 0.15) is 17.2 Å². The quantitative estimate of drug-likeness (QED) is 0.441. The molecule has 1 saturated heterocycles. The van der Waals surface area contributed by atoms with Gasteiger partial charge in [-0.15, -0.1) is 0 Å². The third kappa shape index (κ3) is 2.68. The highest BCUT2D eigenvalue weighted by atomic mass is 35.5. The highest BCUT2D eigenvalue weighted by Crippen LogP contribution is 2.33. The van der Waals surface area contributed by atoms with Gasteiger partial charge in [0.15, 0.2) is 11.6 Å². The predicted molar refractivity (Wildman–Crippen MR) is 86.5 cm³/mol. The lowest BCUT2D eigenvalue weighted by molar-refractivity contribution is 0.141. The Bertz CT molecular complexity index is 729. The number of aliphatic hydroxyl groups is 1. The summed E-state index contributed by atoms with van der Waals surface area (Å²) in [5.41, 5.74) is 13.0. The summed E-state index contributed by atoms with van der Waals surface area (Å²) in [6, 6.07) is 7.15. The van der Waals surface area contributed by atoms with Gasteiger partial charge in [-0.1, -0.05) is 23.7 Å². The van der Waals surface area contributed by atoms with Crippen molar-refractivity contribution >= 4 is 34.8 Å². The van der Waals surface area contributed by atoms with Crippen LogP contribution in [0.1, 0.15) is 5.56 Å². The molecular formula is C14H15ClN6O. The normalized spacial score (nSPS) is 15.7. The molecule has 0 bridgehead atoms. The van der Waals surface area contributed by atoms with Gasteiger partial charge in [0.05, 0.1) is 6.10 Å². The second-order valence-electron chi connectivity index (χ2n) is 4.98. The molecule has 22 heavy (non-hydrogen) atoms. The molecule has 1 aliphatic heterocycles. The zero-order valence-corrected chi connectivity index (χ0v) is 12.4. The van der Waals surface area contributed by atoms with Gasteiger partial charge in [0.2, 0.25) is 0 Å². The van der Waals surface area contributed by atoms with E-state index in [2.05, 4.69) is 15.0 Å². The molecule has 1 aliphatic rings. The lowest BCUT2D eigenvalue weighted by Crippen LogP contribution is -2.51. The van der Waals surface area contributed by atoms with Gasteiger partial charge in [-0.2, -0.15) is 0 Å². The Morgan fingerprint density at radius 3 is 2.73 bits per heavy atom. The van der Waals surface area contributed by atoms with Crippen molar-refractivity contribution in [2.24, 2.45) is 10.7 Å². The summed E-state index contributed by atoms with van der Waals surface area (Å²) in [6.07, 6.45) is 1.01. The molecule has 0 amide bonds. The number of aromatic nitrogens is 2. The van der Waals surface area contributed by atoms with Gasteiger partial charge < -0.3 is 21.5 Å². The first-order chi connectivity index (χ1) is 10.6. The molecule has 3 rings (SSSR count). The molecule has 5 N–H and O–H groups in total. The third-order valence-electron chi connectivity index (χ3n) is 3.38. The van der Waals surface area contributed by atoms with Crippen LogP contribution in [0.5, 0.6) is 0 Å². The molecular weight excluding hydrogens is 304 g/mol. The van der Waals surface area contributed by atoms with E-state index in [4.69, 9.17) is 23.1 Å². The van der Waals surface area contributed by atoms with E-state index < -0.39 is 0 Å². The summed E-state index contributed by atoms with van der Waals surface area (Å²) in [5.74, 6) is 1.04. The first-order valence-electron chi connectivity index (χ1n) is 6.69. The molecule has 1 aromatic heterocycles. The fraction of sp³-hybridized carbons (Fsp3) is 0.214. The molecule has 0 unspecified atom stereocenters. The van der Waals surface area contributed by atoms with Crippen molar-refractivity contribution in [2.75, 3.05) is 23.7 Å². The van der Waals surface area contributed by atoms with E-state index in [1.54, 1.807) is 12.1 Å². The summed E-state index contributed by atoms with van der Waals surface area (Å²) in [4.78, 5) is 14.3. The van der Waals surface area contributed by atoms with Crippen molar-refractivity contribution < 1.29 is 5.11 Å². The highest BCUT2D eigenvalue weighted by molar-refractivity contribution is 6.35. The van der Waals surface area contributed by atoms with Gasteiger partial charge in [-0.05, 0) is 12.1 Å². The van der Waals surface area contributed by atoms with Crippen molar-refractivity contribution in [3.63, 3.8) is 0 Å². The van der Waals surface area contributed by atoms with Crippen LogP contribution in [0, 0.1) is 0 Å². The molecule has 0 spiro atoms. The molecule has 1 fully saturated rings. The number of aliphatic hydroxyl groups excluding tert-OH is 1. The van der Waals surface area contributed by atoms with Gasteiger partial charge in [0.25, 0.3) is 0 Å². The molecule has 2 aromatic rings. The largest absolute Gasteiger partial charge is 0.398 e. The lowest BCUT2D eigenvalue weighted by atomic mass is 10.1. The summed E-state index contributed by atoms with van der Waals surface area (Å²) in [7, 11) is 0. The Morgan fingerprint density at radius 1 is 1.32 bits per heavy atom. The Morgan fingerprint density at radius 2 is 2.05 bits per heavy atom. The van der Waals surface area contributed by atoms with Crippen LogP contribution in [-0.4, -0.2) is 40.1 Å². The van der Waals surface area contributed by atoms with Gasteiger partial charge in [-0.3, -0.25) is 0 Å². The predicted octanol–water partition coefficient (Wildman–Crippen LogP) is 0.930. The highest BCUT2D eigenvalue weighted by Gasteiger charge is 2.28. The van der Waals surface area contributed by atoms with Crippen LogP contribution in [0.3, 0.4) is 0 Å². The zero-order valence-electron chi connectivity index (χ0n) is 11.6. The Labute approximate surface area is 132 Å². The first-order valence-corrected chi connectivity index (χ1v) is 7.06. The molecule has 7 nitrogen and oxygen atoms in total. The number of nitrogens with zero attached hydrogens (tertiary/aromatic N) is 4. The fourth-order valence-corrected chi connectivity index (χ4v) is 2.44. The molecule has 8 heteroatoms. The summed E-state index contributed by atoms with van der Waals surface area (Å²) in [6.45, 7) is 0.974. The molecule has 114 valence electrons. The van der Waals surface area contributed by atoms with Crippen LogP contribution >= 0.6 is 11.6 Å². The Hall–Kier alpha value is -2.38. The number of β-amino-alcohol motifs (C(OH)–C–C–N with tert-alkyl or cyclic N) is 1. The van der Waals surface area contributed by atoms with Crippen LogP contribution in [0.2, 0.25) is 5.02 Å². The minimum Gasteiger partial charge on any atom is -0.398 e. The van der Waals surface area contributed by atoms with E-state index in [0.29, 0.717) is 35.2 Å². The van der Waals surface area contributed by atoms with Crippen molar-refractivity contribution in [1.29, 1.82) is 0 Å². The van der Waals surface area contributed by atoms with E-state index in [0.717, 1.165) is 0 Å². The average molecular weight is 319 g/mol. The fourth-order valence-electron chi connectivity index (χ4n) is 2.18. The third-order valence-corrected chi connectivity index (χ3v) is 3.72. The number of rotatable bonds is 3. The maximum Gasteiger partial charge on any atom is 0.178 e. The maximum atomic E-state index is 9.37. The smallest absolute Gasteiger partial charge is 0.178 e. The number of benzene rings is 1. The van der Waals surface area contributed by atoms with Crippen LogP contribution in [0.15, 0.2) is 35.6 Å². The van der Waals surface area contributed by atoms with Crippen molar-refractivity contribution in [3.05, 3.63) is 41.2 Å². The average Bonchev–Trinajstić information content (AvgIpc) is 2.47. The number of hydrogen-bond donors (Lipinski definition) is 3. The molecule has 0 aliphatic carbocycles. The second kappa shape index (κ2) is 5.78. The van der Waals surface area contributed by atoms with Crippen molar-refractivity contribution in [1.82, 2.24) is 9.97 Å². The van der Waals surface area contributed by atoms with Crippen molar-refractivity contribution in [3.8, 4) is 0 Å². The molecule has 2 heterocycles. The van der Waals surface area contributed by atoms with E-state index in [-0.39, 0.29) is 17.8 Å². The van der Waals surface area contributed by atoms with Gasteiger partial charge in [-0.25, -0.2) is 15.0 Å². The van der Waals surface area contributed by atoms with E-state index in [1.165, 1.54) is 6.33 Å². The topological polar surface area (TPSA) is 114 Å². The van der Waals surface area contributed by atoms with E-state index in [1.807, 2.05) is 17.0 Å².